The maximum absolute atomic E-state index is 13.5. The molecule has 0 saturated carbocycles. The first-order valence-electron chi connectivity index (χ1n) is 10.3. The van der Waals surface area contributed by atoms with E-state index in [0.717, 1.165) is 4.88 Å². The molecule has 3 rings (SSSR count). The van der Waals surface area contributed by atoms with Crippen LogP contribution >= 0.6 is 22.9 Å². The number of hydrogen-bond acceptors (Lipinski definition) is 6. The standard InChI is InChI=1S/C23H27ClN2O5S/c1-23(2,3)18-13-17(20(32-18)22(29)30-4)26(14-19(27)25-9-11-31-12-10-25)21(28)15-5-7-16(24)8-6-15/h5-8,13H,9-12,14H2,1-4H3. The minimum Gasteiger partial charge on any atom is -0.465 e. The molecule has 2 amide bonds. The Morgan fingerprint density at radius 1 is 1.16 bits per heavy atom. The van der Waals surface area contributed by atoms with Crippen LogP contribution in [0.15, 0.2) is 30.3 Å². The van der Waals surface area contributed by atoms with E-state index < -0.39 is 11.9 Å². The summed E-state index contributed by atoms with van der Waals surface area (Å²) >= 11 is 7.25. The van der Waals surface area contributed by atoms with Crippen molar-refractivity contribution in [3.63, 3.8) is 0 Å². The Hall–Kier alpha value is -2.42. The van der Waals surface area contributed by atoms with E-state index in [1.54, 1.807) is 35.2 Å². The van der Waals surface area contributed by atoms with Gasteiger partial charge in [-0.05, 0) is 35.7 Å². The van der Waals surface area contributed by atoms with Crippen LogP contribution in [0, 0.1) is 0 Å². The predicted octanol–water partition coefficient (Wildman–Crippen LogP) is 3.99. The topological polar surface area (TPSA) is 76.2 Å². The molecule has 7 nitrogen and oxygen atoms in total. The zero-order valence-corrected chi connectivity index (χ0v) is 20.2. The largest absolute Gasteiger partial charge is 0.465 e. The molecule has 1 fully saturated rings. The second-order valence-electron chi connectivity index (χ2n) is 8.46. The highest BCUT2D eigenvalue weighted by molar-refractivity contribution is 7.14. The fraction of sp³-hybridized carbons (Fsp3) is 0.435. The second kappa shape index (κ2) is 10.0. The number of carbonyl (C=O) groups excluding carboxylic acids is 3. The number of thiophene rings is 1. The number of rotatable bonds is 5. The van der Waals surface area contributed by atoms with Crippen LogP contribution in [-0.4, -0.2) is 62.6 Å². The number of morpholine rings is 1. The molecule has 9 heteroatoms. The van der Waals surface area contributed by atoms with Gasteiger partial charge >= 0.3 is 5.97 Å². The quantitative estimate of drug-likeness (QED) is 0.607. The van der Waals surface area contributed by atoms with Crippen LogP contribution in [0.25, 0.3) is 0 Å². The minimum absolute atomic E-state index is 0.203. The van der Waals surface area contributed by atoms with Gasteiger partial charge in [-0.3, -0.25) is 14.5 Å². The first kappa shape index (κ1) is 24.2. The molecule has 1 aliphatic heterocycles. The second-order valence-corrected chi connectivity index (χ2v) is 9.95. The average molecular weight is 479 g/mol. The lowest BCUT2D eigenvalue weighted by molar-refractivity contribution is -0.133. The Bertz CT molecular complexity index is 991. The van der Waals surface area contributed by atoms with Crippen molar-refractivity contribution in [1.29, 1.82) is 0 Å². The molecule has 0 bridgehead atoms. The molecule has 0 atom stereocenters. The molecule has 1 aromatic carbocycles. The van der Waals surface area contributed by atoms with E-state index >= 15 is 0 Å². The SMILES string of the molecule is COC(=O)c1sc(C(C)(C)C)cc1N(CC(=O)N1CCOCC1)C(=O)c1ccc(Cl)cc1. The van der Waals surface area contributed by atoms with Gasteiger partial charge in [0.15, 0.2) is 0 Å². The van der Waals surface area contributed by atoms with Crippen molar-refractivity contribution in [2.24, 2.45) is 0 Å². The summed E-state index contributed by atoms with van der Waals surface area (Å²) in [5.74, 6) is -1.16. The molecule has 1 aliphatic rings. The number of esters is 1. The van der Waals surface area contributed by atoms with Crippen molar-refractivity contribution in [3.8, 4) is 0 Å². The lowest BCUT2D eigenvalue weighted by Crippen LogP contribution is -2.47. The van der Waals surface area contributed by atoms with Crippen molar-refractivity contribution >= 4 is 46.4 Å². The highest BCUT2D eigenvalue weighted by Crippen LogP contribution is 2.38. The molecule has 0 spiro atoms. The Kier molecular flexibility index (Phi) is 7.59. The Balaban J connectivity index is 2.06. The molecule has 1 saturated heterocycles. The summed E-state index contributed by atoms with van der Waals surface area (Å²) in [6, 6.07) is 8.24. The highest BCUT2D eigenvalue weighted by Gasteiger charge is 2.32. The first-order chi connectivity index (χ1) is 15.1. The summed E-state index contributed by atoms with van der Waals surface area (Å²) in [6.07, 6.45) is 0. The smallest absolute Gasteiger partial charge is 0.350 e. The fourth-order valence-corrected chi connectivity index (χ4v) is 4.52. The van der Waals surface area contributed by atoms with Gasteiger partial charge in [0.2, 0.25) is 5.91 Å². The minimum atomic E-state index is -0.548. The van der Waals surface area contributed by atoms with Crippen molar-refractivity contribution in [2.45, 2.75) is 26.2 Å². The number of amides is 2. The molecule has 1 aromatic heterocycles. The zero-order chi connectivity index (χ0) is 23.5. The first-order valence-corrected chi connectivity index (χ1v) is 11.5. The van der Waals surface area contributed by atoms with Crippen LogP contribution in [0.2, 0.25) is 5.02 Å². The van der Waals surface area contributed by atoms with Gasteiger partial charge in [-0.15, -0.1) is 11.3 Å². The van der Waals surface area contributed by atoms with Crippen LogP contribution in [0.1, 0.15) is 45.7 Å². The van der Waals surface area contributed by atoms with Gasteiger partial charge in [-0.25, -0.2) is 4.79 Å². The van der Waals surface area contributed by atoms with Crippen molar-refractivity contribution in [1.82, 2.24) is 4.90 Å². The zero-order valence-electron chi connectivity index (χ0n) is 18.6. The lowest BCUT2D eigenvalue weighted by atomic mass is 9.94. The molecule has 0 N–H and O–H groups in total. The number of benzene rings is 1. The van der Waals surface area contributed by atoms with Crippen molar-refractivity contribution in [3.05, 3.63) is 50.7 Å². The Morgan fingerprint density at radius 3 is 2.34 bits per heavy atom. The number of ether oxygens (including phenoxy) is 2. The molecule has 2 heterocycles. The van der Waals surface area contributed by atoms with Crippen LogP contribution in [-0.2, 0) is 19.7 Å². The molecule has 2 aromatic rings. The monoisotopic (exact) mass is 478 g/mol. The van der Waals surface area contributed by atoms with Gasteiger partial charge in [0.05, 0.1) is 26.0 Å². The van der Waals surface area contributed by atoms with Crippen molar-refractivity contribution in [2.75, 3.05) is 44.9 Å². The number of carbonyl (C=O) groups is 3. The van der Waals surface area contributed by atoms with Gasteiger partial charge in [-0.1, -0.05) is 32.4 Å². The van der Waals surface area contributed by atoms with Crippen LogP contribution in [0.3, 0.4) is 0 Å². The third-order valence-corrected chi connectivity index (χ3v) is 6.89. The van der Waals surface area contributed by atoms with Gasteiger partial charge in [0.1, 0.15) is 11.4 Å². The maximum Gasteiger partial charge on any atom is 0.350 e. The van der Waals surface area contributed by atoms with E-state index in [-0.39, 0.29) is 22.7 Å². The highest BCUT2D eigenvalue weighted by atomic mass is 35.5. The number of nitrogens with zero attached hydrogens (tertiary/aromatic N) is 2. The summed E-state index contributed by atoms with van der Waals surface area (Å²) in [4.78, 5) is 43.4. The van der Waals surface area contributed by atoms with E-state index in [4.69, 9.17) is 21.1 Å². The molecular formula is C23H27ClN2O5S. The fourth-order valence-electron chi connectivity index (χ4n) is 3.25. The van der Waals surface area contributed by atoms with E-state index in [1.165, 1.54) is 23.3 Å². The van der Waals surface area contributed by atoms with Gasteiger partial charge in [-0.2, -0.15) is 0 Å². The number of halogens is 1. The van der Waals surface area contributed by atoms with Crippen LogP contribution in [0.4, 0.5) is 5.69 Å². The van der Waals surface area contributed by atoms with E-state index in [9.17, 15) is 14.4 Å². The van der Waals surface area contributed by atoms with Gasteiger partial charge in [0, 0.05) is 28.6 Å². The number of hydrogen-bond donors (Lipinski definition) is 0. The summed E-state index contributed by atoms with van der Waals surface area (Å²) < 4.78 is 10.3. The summed E-state index contributed by atoms with van der Waals surface area (Å²) in [5, 5.41) is 0.498. The number of methoxy groups -OCH3 is 1. The summed E-state index contributed by atoms with van der Waals surface area (Å²) in [7, 11) is 1.30. The normalized spacial score (nSPS) is 14.2. The van der Waals surface area contributed by atoms with E-state index in [2.05, 4.69) is 0 Å². The lowest BCUT2D eigenvalue weighted by Gasteiger charge is -2.30. The Labute approximate surface area is 196 Å². The number of anilines is 1. The van der Waals surface area contributed by atoms with E-state index in [0.29, 0.717) is 42.6 Å². The van der Waals surface area contributed by atoms with Gasteiger partial charge in [0.25, 0.3) is 5.91 Å². The maximum atomic E-state index is 13.5. The third kappa shape index (κ3) is 5.49. The summed E-state index contributed by atoms with van der Waals surface area (Å²) in [5.41, 5.74) is 0.478. The van der Waals surface area contributed by atoms with E-state index in [1.807, 2.05) is 20.8 Å². The van der Waals surface area contributed by atoms with Crippen LogP contribution in [0.5, 0.6) is 0 Å². The molecule has 32 heavy (non-hydrogen) atoms. The van der Waals surface area contributed by atoms with Crippen molar-refractivity contribution < 1.29 is 23.9 Å². The van der Waals surface area contributed by atoms with Crippen LogP contribution < -0.4 is 4.90 Å². The molecule has 0 radical (unpaired) electrons. The molecule has 0 unspecified atom stereocenters. The summed E-state index contributed by atoms with van der Waals surface area (Å²) in [6.45, 7) is 7.69. The third-order valence-electron chi connectivity index (χ3n) is 5.11. The molecular weight excluding hydrogens is 452 g/mol. The predicted molar refractivity (Wildman–Crippen MR) is 125 cm³/mol. The van der Waals surface area contributed by atoms with Gasteiger partial charge < -0.3 is 14.4 Å². The average Bonchev–Trinajstić information content (AvgIpc) is 3.23. The molecule has 0 aliphatic carbocycles. The Morgan fingerprint density at radius 2 is 1.78 bits per heavy atom. The molecule has 172 valence electrons.